The predicted molar refractivity (Wildman–Crippen MR) is 75.4 cm³/mol. The highest BCUT2D eigenvalue weighted by atomic mass is 32.1. The van der Waals surface area contributed by atoms with Crippen LogP contribution >= 0.6 is 11.3 Å². The Balaban J connectivity index is 2.11. The van der Waals surface area contributed by atoms with Gasteiger partial charge in [-0.05, 0) is 42.8 Å². The molecule has 0 radical (unpaired) electrons. The Morgan fingerprint density at radius 2 is 2.21 bits per heavy atom. The second-order valence-electron chi connectivity index (χ2n) is 4.05. The van der Waals surface area contributed by atoms with Gasteiger partial charge in [0.2, 0.25) is 6.08 Å². The molecule has 2 heterocycles. The van der Waals surface area contributed by atoms with Crippen LogP contribution in [0.2, 0.25) is 0 Å². The normalized spacial score (nSPS) is 10.4. The highest BCUT2D eigenvalue weighted by Gasteiger charge is 2.08. The molecule has 0 spiro atoms. The topological polar surface area (TPSA) is 55.2 Å². The maximum absolute atomic E-state index is 10.3. The van der Waals surface area contributed by atoms with E-state index in [0.717, 1.165) is 26.5 Å². The third-order valence-electron chi connectivity index (χ3n) is 2.78. The molecule has 0 aliphatic rings. The minimum absolute atomic E-state index is 0.637. The van der Waals surface area contributed by atoms with Gasteiger partial charge in [0.05, 0.1) is 5.69 Å². The standard InChI is InChI=1S/C14H9N3OS/c1-9-7-10(4-5-11(9)16-8-18)13-17-12-3-2-6-15-14(12)19-13/h2-7H,1H3. The molecular weight excluding hydrogens is 258 g/mol. The number of hydrogen-bond donors (Lipinski definition) is 0. The summed E-state index contributed by atoms with van der Waals surface area (Å²) in [6.45, 7) is 1.91. The van der Waals surface area contributed by atoms with E-state index in [0.29, 0.717) is 5.69 Å². The van der Waals surface area contributed by atoms with E-state index < -0.39 is 0 Å². The average Bonchev–Trinajstić information content (AvgIpc) is 2.85. The Morgan fingerprint density at radius 1 is 1.32 bits per heavy atom. The maximum Gasteiger partial charge on any atom is 0.240 e. The van der Waals surface area contributed by atoms with Crippen molar-refractivity contribution in [3.63, 3.8) is 0 Å². The second-order valence-corrected chi connectivity index (χ2v) is 5.03. The van der Waals surface area contributed by atoms with Gasteiger partial charge in [-0.25, -0.2) is 14.8 Å². The molecule has 0 fully saturated rings. The van der Waals surface area contributed by atoms with Gasteiger partial charge in [-0.1, -0.05) is 11.3 Å². The van der Waals surface area contributed by atoms with E-state index in [1.807, 2.05) is 31.2 Å². The van der Waals surface area contributed by atoms with Crippen molar-refractivity contribution in [3.8, 4) is 10.6 Å². The number of isocyanates is 1. The lowest BCUT2D eigenvalue weighted by molar-refractivity contribution is 0.565. The molecule has 4 nitrogen and oxygen atoms in total. The van der Waals surface area contributed by atoms with Gasteiger partial charge in [0.25, 0.3) is 0 Å². The molecule has 0 amide bonds. The fourth-order valence-electron chi connectivity index (χ4n) is 1.86. The molecule has 0 saturated heterocycles. The highest BCUT2D eigenvalue weighted by molar-refractivity contribution is 7.21. The summed E-state index contributed by atoms with van der Waals surface area (Å²) in [5.74, 6) is 0. The third kappa shape index (κ3) is 2.17. The molecular formula is C14H9N3OS. The van der Waals surface area contributed by atoms with Gasteiger partial charge in [0, 0.05) is 11.8 Å². The Kier molecular flexibility index (Phi) is 2.91. The van der Waals surface area contributed by atoms with Crippen LogP contribution in [-0.4, -0.2) is 16.0 Å². The van der Waals surface area contributed by atoms with E-state index in [-0.39, 0.29) is 0 Å². The number of pyridine rings is 1. The molecule has 0 saturated carbocycles. The monoisotopic (exact) mass is 267 g/mol. The van der Waals surface area contributed by atoms with Gasteiger partial charge in [-0.2, -0.15) is 4.99 Å². The Morgan fingerprint density at radius 3 is 2.95 bits per heavy atom. The molecule has 92 valence electrons. The first kappa shape index (κ1) is 11.7. The van der Waals surface area contributed by atoms with Gasteiger partial charge in [-0.15, -0.1) is 0 Å². The van der Waals surface area contributed by atoms with E-state index in [4.69, 9.17) is 0 Å². The number of thiazole rings is 1. The second kappa shape index (κ2) is 4.72. The van der Waals surface area contributed by atoms with Crippen molar-refractivity contribution in [1.29, 1.82) is 0 Å². The van der Waals surface area contributed by atoms with Crippen molar-refractivity contribution < 1.29 is 4.79 Å². The zero-order valence-corrected chi connectivity index (χ0v) is 10.9. The lowest BCUT2D eigenvalue weighted by Crippen LogP contribution is -1.79. The molecule has 0 unspecified atom stereocenters. The molecule has 5 heteroatoms. The Hall–Kier alpha value is -2.36. The number of fused-ring (bicyclic) bond motifs is 1. The molecule has 0 atom stereocenters. The first-order chi connectivity index (χ1) is 9.28. The number of benzene rings is 1. The quantitative estimate of drug-likeness (QED) is 0.526. The number of nitrogens with zero attached hydrogens (tertiary/aromatic N) is 3. The molecule has 0 aliphatic carbocycles. The Bertz CT molecular complexity index is 770. The van der Waals surface area contributed by atoms with Crippen LogP contribution < -0.4 is 0 Å². The van der Waals surface area contributed by atoms with Crippen LogP contribution in [0.4, 0.5) is 5.69 Å². The Labute approximate surface area is 113 Å². The number of rotatable bonds is 2. The smallest absolute Gasteiger partial charge is 0.240 e. The summed E-state index contributed by atoms with van der Waals surface area (Å²) in [6, 6.07) is 9.49. The zero-order chi connectivity index (χ0) is 13.2. The maximum atomic E-state index is 10.3. The van der Waals surface area contributed by atoms with Crippen molar-refractivity contribution >= 4 is 33.5 Å². The van der Waals surface area contributed by atoms with Gasteiger partial charge < -0.3 is 0 Å². The minimum Gasteiger partial charge on any atom is -0.244 e. The van der Waals surface area contributed by atoms with E-state index in [9.17, 15) is 4.79 Å². The van der Waals surface area contributed by atoms with Crippen LogP contribution in [-0.2, 0) is 4.79 Å². The lowest BCUT2D eigenvalue weighted by atomic mass is 10.1. The van der Waals surface area contributed by atoms with Crippen LogP contribution in [0.25, 0.3) is 20.9 Å². The number of hydrogen-bond acceptors (Lipinski definition) is 5. The molecule has 1 aromatic carbocycles. The van der Waals surface area contributed by atoms with Crippen LogP contribution in [0.15, 0.2) is 41.5 Å². The summed E-state index contributed by atoms with van der Waals surface area (Å²) < 4.78 is 0. The molecule has 3 aromatic rings. The summed E-state index contributed by atoms with van der Waals surface area (Å²) in [7, 11) is 0. The van der Waals surface area contributed by atoms with Crippen molar-refractivity contribution in [2.75, 3.05) is 0 Å². The van der Waals surface area contributed by atoms with Crippen molar-refractivity contribution in [3.05, 3.63) is 42.1 Å². The highest BCUT2D eigenvalue weighted by Crippen LogP contribution is 2.31. The fourth-order valence-corrected chi connectivity index (χ4v) is 2.76. The van der Waals surface area contributed by atoms with Crippen LogP contribution in [0, 0.1) is 6.92 Å². The number of aromatic nitrogens is 2. The van der Waals surface area contributed by atoms with E-state index in [1.54, 1.807) is 29.7 Å². The van der Waals surface area contributed by atoms with Crippen molar-refractivity contribution in [1.82, 2.24) is 9.97 Å². The molecule has 19 heavy (non-hydrogen) atoms. The zero-order valence-electron chi connectivity index (χ0n) is 10.1. The lowest BCUT2D eigenvalue weighted by Gasteiger charge is -2.00. The summed E-state index contributed by atoms with van der Waals surface area (Å²) in [5.41, 5.74) is 3.46. The van der Waals surface area contributed by atoms with E-state index in [2.05, 4.69) is 15.0 Å². The average molecular weight is 267 g/mol. The van der Waals surface area contributed by atoms with Crippen molar-refractivity contribution in [2.45, 2.75) is 6.92 Å². The third-order valence-corrected chi connectivity index (χ3v) is 3.80. The summed E-state index contributed by atoms with van der Waals surface area (Å²) >= 11 is 1.55. The van der Waals surface area contributed by atoms with E-state index in [1.165, 1.54) is 0 Å². The first-order valence-corrected chi connectivity index (χ1v) is 6.50. The van der Waals surface area contributed by atoms with Gasteiger partial charge in [0.15, 0.2) is 0 Å². The molecule has 3 rings (SSSR count). The van der Waals surface area contributed by atoms with Crippen LogP contribution in [0.1, 0.15) is 5.56 Å². The fraction of sp³-hybridized carbons (Fsp3) is 0.0714. The molecule has 2 aromatic heterocycles. The molecule has 0 bridgehead atoms. The van der Waals surface area contributed by atoms with E-state index >= 15 is 0 Å². The number of aryl methyl sites for hydroxylation is 1. The van der Waals surface area contributed by atoms with Crippen LogP contribution in [0.3, 0.4) is 0 Å². The summed E-state index contributed by atoms with van der Waals surface area (Å²) in [6.07, 6.45) is 3.32. The van der Waals surface area contributed by atoms with Crippen molar-refractivity contribution in [2.24, 2.45) is 4.99 Å². The van der Waals surface area contributed by atoms with Crippen LogP contribution in [0.5, 0.6) is 0 Å². The first-order valence-electron chi connectivity index (χ1n) is 5.68. The minimum atomic E-state index is 0.637. The largest absolute Gasteiger partial charge is 0.244 e. The molecule has 0 aliphatic heterocycles. The predicted octanol–water partition coefficient (Wildman–Crippen LogP) is 3.63. The summed E-state index contributed by atoms with van der Waals surface area (Å²) in [5, 5.41) is 0.915. The van der Waals surface area contributed by atoms with Gasteiger partial charge in [-0.3, -0.25) is 0 Å². The number of carbonyl (C=O) groups excluding carboxylic acids is 1. The SMILES string of the molecule is Cc1cc(-c2nc3cccnc3s2)ccc1N=C=O. The number of aliphatic imine (C=N–C) groups is 1. The van der Waals surface area contributed by atoms with Gasteiger partial charge >= 0.3 is 0 Å². The molecule has 0 N–H and O–H groups in total. The van der Waals surface area contributed by atoms with Gasteiger partial charge in [0.1, 0.15) is 15.4 Å². The summed E-state index contributed by atoms with van der Waals surface area (Å²) in [4.78, 5) is 23.7.